The number of amides is 1. The Bertz CT molecular complexity index is 738. The van der Waals surface area contributed by atoms with E-state index < -0.39 is 4.92 Å². The van der Waals surface area contributed by atoms with Gasteiger partial charge in [0.05, 0.1) is 4.92 Å². The second-order valence-corrected chi connectivity index (χ2v) is 6.09. The lowest BCUT2D eigenvalue weighted by molar-refractivity contribution is -0.384. The minimum atomic E-state index is -0.408. The van der Waals surface area contributed by atoms with Crippen molar-refractivity contribution < 1.29 is 9.72 Å². The number of thiazole rings is 1. The smallest absolute Gasteiger partial charge is 0.292 e. The van der Waals surface area contributed by atoms with Gasteiger partial charge in [-0.3, -0.25) is 14.9 Å². The van der Waals surface area contributed by atoms with Crippen LogP contribution in [0.15, 0.2) is 23.6 Å². The van der Waals surface area contributed by atoms with Gasteiger partial charge in [0, 0.05) is 31.1 Å². The third-order valence-corrected chi connectivity index (χ3v) is 4.13. The molecule has 2 aromatic rings. The van der Waals surface area contributed by atoms with Crippen molar-refractivity contribution in [2.75, 3.05) is 18.4 Å². The third-order valence-electron chi connectivity index (χ3n) is 3.26. The molecule has 0 aliphatic carbocycles. The van der Waals surface area contributed by atoms with Crippen molar-refractivity contribution in [3.63, 3.8) is 0 Å². The standard InChI is InChI=1S/C15H19N5O3S.ClH/c1-10-3-4-11(13(7-10)20(22)23)17-5-2-6-18-15(21)12-9-24-14(8-16)19-12;/h3-4,7,9,17H,2,5-6,8,16H2,1H3,(H,18,21);1H. The Hall–Kier alpha value is -2.23. The van der Waals surface area contributed by atoms with E-state index in [-0.39, 0.29) is 24.0 Å². The number of rotatable bonds is 8. The van der Waals surface area contributed by atoms with Crippen LogP contribution in [-0.2, 0) is 6.54 Å². The highest BCUT2D eigenvalue weighted by Crippen LogP contribution is 2.25. The van der Waals surface area contributed by atoms with Crippen LogP contribution >= 0.6 is 23.7 Å². The maximum absolute atomic E-state index is 11.9. The lowest BCUT2D eigenvalue weighted by atomic mass is 10.2. The molecule has 1 aromatic heterocycles. The van der Waals surface area contributed by atoms with Crippen molar-refractivity contribution in [3.05, 3.63) is 50.0 Å². The van der Waals surface area contributed by atoms with Crippen molar-refractivity contribution >= 4 is 41.0 Å². The van der Waals surface area contributed by atoms with Crippen LogP contribution < -0.4 is 16.4 Å². The summed E-state index contributed by atoms with van der Waals surface area (Å²) in [6.45, 7) is 3.08. The number of nitro benzene ring substituents is 1. The quantitative estimate of drug-likeness (QED) is 0.364. The van der Waals surface area contributed by atoms with Crippen molar-refractivity contribution in [2.24, 2.45) is 5.73 Å². The summed E-state index contributed by atoms with van der Waals surface area (Å²) in [4.78, 5) is 26.6. The number of nitrogens with two attached hydrogens (primary N) is 1. The molecule has 0 unspecified atom stereocenters. The lowest BCUT2D eigenvalue weighted by Crippen LogP contribution is -2.26. The monoisotopic (exact) mass is 385 g/mol. The average Bonchev–Trinajstić information content (AvgIpc) is 3.04. The van der Waals surface area contributed by atoms with Crippen LogP contribution in [0, 0.1) is 17.0 Å². The second-order valence-electron chi connectivity index (χ2n) is 5.14. The highest BCUT2D eigenvalue weighted by Gasteiger charge is 2.13. The normalized spacial score (nSPS) is 10.0. The van der Waals surface area contributed by atoms with E-state index in [9.17, 15) is 14.9 Å². The van der Waals surface area contributed by atoms with Crippen molar-refractivity contribution in [2.45, 2.75) is 19.9 Å². The molecule has 10 heteroatoms. The Morgan fingerprint density at radius 1 is 1.40 bits per heavy atom. The van der Waals surface area contributed by atoms with Gasteiger partial charge in [0.15, 0.2) is 0 Å². The molecule has 1 aromatic carbocycles. The van der Waals surface area contributed by atoms with Gasteiger partial charge in [-0.1, -0.05) is 6.07 Å². The summed E-state index contributed by atoms with van der Waals surface area (Å²) in [5, 5.41) is 19.2. The van der Waals surface area contributed by atoms with E-state index in [1.165, 1.54) is 17.4 Å². The van der Waals surface area contributed by atoms with Gasteiger partial charge in [0.1, 0.15) is 16.4 Å². The van der Waals surface area contributed by atoms with Gasteiger partial charge >= 0.3 is 0 Å². The Morgan fingerprint density at radius 2 is 2.16 bits per heavy atom. The van der Waals surface area contributed by atoms with Crippen LogP contribution in [0.2, 0.25) is 0 Å². The number of hydrogen-bond donors (Lipinski definition) is 3. The minimum absolute atomic E-state index is 0. The molecule has 1 heterocycles. The van der Waals surface area contributed by atoms with E-state index in [2.05, 4.69) is 15.6 Å². The van der Waals surface area contributed by atoms with E-state index >= 15 is 0 Å². The number of carbonyl (C=O) groups excluding carboxylic acids is 1. The van der Waals surface area contributed by atoms with E-state index in [1.807, 2.05) is 6.07 Å². The number of hydrogen-bond acceptors (Lipinski definition) is 7. The van der Waals surface area contributed by atoms with Crippen LogP contribution in [-0.4, -0.2) is 28.9 Å². The fourth-order valence-corrected chi connectivity index (χ4v) is 2.71. The van der Waals surface area contributed by atoms with Gasteiger partial charge in [0.25, 0.3) is 11.6 Å². The molecule has 0 atom stereocenters. The summed E-state index contributed by atoms with van der Waals surface area (Å²) in [6, 6.07) is 5.03. The lowest BCUT2D eigenvalue weighted by Gasteiger charge is -2.08. The first kappa shape index (κ1) is 20.8. The zero-order chi connectivity index (χ0) is 17.5. The number of benzene rings is 1. The number of nitrogens with zero attached hydrogens (tertiary/aromatic N) is 2. The van der Waals surface area contributed by atoms with E-state index in [0.29, 0.717) is 42.4 Å². The SMILES string of the molecule is Cc1ccc(NCCCNC(=O)c2csc(CN)n2)c([N+](=O)[O-])c1.Cl. The molecule has 25 heavy (non-hydrogen) atoms. The van der Waals surface area contributed by atoms with Crippen LogP contribution in [0.25, 0.3) is 0 Å². The largest absolute Gasteiger partial charge is 0.379 e. The zero-order valence-electron chi connectivity index (χ0n) is 13.7. The fourth-order valence-electron chi connectivity index (χ4n) is 2.06. The molecule has 0 saturated carbocycles. The van der Waals surface area contributed by atoms with Gasteiger partial charge < -0.3 is 16.4 Å². The van der Waals surface area contributed by atoms with E-state index in [4.69, 9.17) is 5.73 Å². The van der Waals surface area contributed by atoms with Crippen LogP contribution in [0.5, 0.6) is 0 Å². The maximum atomic E-state index is 11.9. The average molecular weight is 386 g/mol. The molecular weight excluding hydrogens is 366 g/mol. The summed E-state index contributed by atoms with van der Waals surface area (Å²) < 4.78 is 0. The number of aryl methyl sites for hydroxylation is 1. The predicted molar refractivity (Wildman–Crippen MR) is 101 cm³/mol. The number of halogens is 1. The molecule has 0 fully saturated rings. The summed E-state index contributed by atoms with van der Waals surface area (Å²) in [5.41, 5.74) is 7.19. The molecule has 0 aliphatic heterocycles. The number of anilines is 1. The summed E-state index contributed by atoms with van der Waals surface area (Å²) in [7, 11) is 0. The maximum Gasteiger partial charge on any atom is 0.292 e. The fraction of sp³-hybridized carbons (Fsp3) is 0.333. The second kappa shape index (κ2) is 9.92. The molecular formula is C15H20ClN5O3S. The number of nitrogens with one attached hydrogen (secondary N) is 2. The van der Waals surface area contributed by atoms with Crippen molar-refractivity contribution in [3.8, 4) is 0 Å². The molecule has 0 radical (unpaired) electrons. The van der Waals surface area contributed by atoms with Gasteiger partial charge in [0.2, 0.25) is 0 Å². The minimum Gasteiger partial charge on any atom is -0.379 e. The highest BCUT2D eigenvalue weighted by atomic mass is 35.5. The van der Waals surface area contributed by atoms with Crippen LogP contribution in [0.1, 0.15) is 27.5 Å². The molecule has 8 nitrogen and oxygen atoms in total. The Labute approximate surface area is 155 Å². The molecule has 0 saturated heterocycles. The molecule has 0 bridgehead atoms. The van der Waals surface area contributed by atoms with E-state index in [1.54, 1.807) is 18.4 Å². The third kappa shape index (κ3) is 5.96. The number of nitro groups is 1. The van der Waals surface area contributed by atoms with Crippen LogP contribution in [0.4, 0.5) is 11.4 Å². The zero-order valence-corrected chi connectivity index (χ0v) is 15.3. The van der Waals surface area contributed by atoms with Gasteiger partial charge in [-0.2, -0.15) is 0 Å². The number of carbonyl (C=O) groups is 1. The first-order valence-corrected chi connectivity index (χ1v) is 8.31. The molecule has 2 rings (SSSR count). The first-order chi connectivity index (χ1) is 11.5. The molecule has 0 aliphatic rings. The Morgan fingerprint density at radius 3 is 2.80 bits per heavy atom. The predicted octanol–water partition coefficient (Wildman–Crippen LogP) is 2.47. The molecule has 1 amide bonds. The van der Waals surface area contributed by atoms with Crippen molar-refractivity contribution in [1.82, 2.24) is 10.3 Å². The Balaban J connectivity index is 0.00000312. The molecule has 4 N–H and O–H groups in total. The summed E-state index contributed by atoms with van der Waals surface area (Å²) in [6.07, 6.45) is 0.630. The van der Waals surface area contributed by atoms with Gasteiger partial charge in [-0.15, -0.1) is 23.7 Å². The van der Waals surface area contributed by atoms with Gasteiger partial charge in [-0.05, 0) is 25.0 Å². The van der Waals surface area contributed by atoms with E-state index in [0.717, 1.165) is 5.56 Å². The molecule has 0 spiro atoms. The summed E-state index contributed by atoms with van der Waals surface area (Å²) in [5.74, 6) is -0.243. The van der Waals surface area contributed by atoms with Crippen molar-refractivity contribution in [1.29, 1.82) is 0 Å². The first-order valence-electron chi connectivity index (χ1n) is 7.43. The highest BCUT2D eigenvalue weighted by molar-refractivity contribution is 7.09. The van der Waals surface area contributed by atoms with Crippen LogP contribution in [0.3, 0.4) is 0 Å². The Kier molecular flexibility index (Phi) is 8.26. The topological polar surface area (TPSA) is 123 Å². The molecule has 136 valence electrons. The number of aromatic nitrogens is 1. The van der Waals surface area contributed by atoms with Gasteiger partial charge in [-0.25, -0.2) is 4.98 Å². The summed E-state index contributed by atoms with van der Waals surface area (Å²) >= 11 is 1.35.